The summed E-state index contributed by atoms with van der Waals surface area (Å²) in [7, 11) is 0. The fourth-order valence-corrected chi connectivity index (χ4v) is 2.81. The molecule has 0 aliphatic heterocycles. The average molecular weight is 362 g/mol. The Bertz CT molecular complexity index is 874. The molecule has 0 amide bonds. The molecule has 1 aromatic heterocycles. The van der Waals surface area contributed by atoms with E-state index >= 15 is 0 Å². The summed E-state index contributed by atoms with van der Waals surface area (Å²) in [6, 6.07) is 20.0. The SMILES string of the molecule is CCNC(=NCc1ccnc2ccccc12)NCC(C)Oc1ccccc1. The van der Waals surface area contributed by atoms with E-state index < -0.39 is 0 Å². The van der Waals surface area contributed by atoms with Gasteiger partial charge < -0.3 is 15.4 Å². The Morgan fingerprint density at radius 1 is 1.04 bits per heavy atom. The predicted octanol–water partition coefficient (Wildman–Crippen LogP) is 3.76. The van der Waals surface area contributed by atoms with Gasteiger partial charge in [-0.3, -0.25) is 4.98 Å². The molecule has 0 aliphatic carbocycles. The van der Waals surface area contributed by atoms with Crippen LogP contribution in [0.25, 0.3) is 10.9 Å². The number of rotatable bonds is 7. The van der Waals surface area contributed by atoms with E-state index in [0.717, 1.165) is 34.7 Å². The van der Waals surface area contributed by atoms with Crippen LogP contribution >= 0.6 is 0 Å². The van der Waals surface area contributed by atoms with Crippen molar-refractivity contribution in [2.24, 2.45) is 4.99 Å². The van der Waals surface area contributed by atoms with Crippen molar-refractivity contribution in [3.8, 4) is 5.75 Å². The highest BCUT2D eigenvalue weighted by atomic mass is 16.5. The van der Waals surface area contributed by atoms with Crippen LogP contribution in [0.1, 0.15) is 19.4 Å². The van der Waals surface area contributed by atoms with Crippen molar-refractivity contribution in [2.45, 2.75) is 26.5 Å². The molecule has 0 spiro atoms. The third kappa shape index (κ3) is 5.45. The van der Waals surface area contributed by atoms with E-state index in [4.69, 9.17) is 9.73 Å². The van der Waals surface area contributed by atoms with Crippen LogP contribution in [0, 0.1) is 0 Å². The van der Waals surface area contributed by atoms with Crippen LogP contribution in [-0.2, 0) is 6.54 Å². The van der Waals surface area contributed by atoms with Gasteiger partial charge in [0.25, 0.3) is 0 Å². The van der Waals surface area contributed by atoms with Gasteiger partial charge in [-0.05, 0) is 43.7 Å². The van der Waals surface area contributed by atoms with E-state index in [0.29, 0.717) is 13.1 Å². The molecule has 2 aromatic carbocycles. The lowest BCUT2D eigenvalue weighted by Crippen LogP contribution is -2.41. The summed E-state index contributed by atoms with van der Waals surface area (Å²) in [5.74, 6) is 1.65. The number of fused-ring (bicyclic) bond motifs is 1. The van der Waals surface area contributed by atoms with E-state index in [1.165, 1.54) is 0 Å². The maximum absolute atomic E-state index is 5.91. The summed E-state index contributed by atoms with van der Waals surface area (Å²) < 4.78 is 5.91. The highest BCUT2D eigenvalue weighted by Gasteiger charge is 2.06. The standard InChI is InChI=1S/C22H26N4O/c1-3-23-22(25-15-17(2)27-19-9-5-4-6-10-19)26-16-18-13-14-24-21-12-8-7-11-20(18)21/h4-14,17H,3,15-16H2,1-2H3,(H2,23,25,26). The van der Waals surface area contributed by atoms with Gasteiger partial charge in [0.1, 0.15) is 11.9 Å². The first-order chi connectivity index (χ1) is 13.3. The number of hydrogen-bond acceptors (Lipinski definition) is 3. The second-order valence-electron chi connectivity index (χ2n) is 6.30. The van der Waals surface area contributed by atoms with Gasteiger partial charge in [0.05, 0.1) is 18.6 Å². The number of aromatic nitrogens is 1. The molecule has 3 aromatic rings. The van der Waals surface area contributed by atoms with Gasteiger partial charge in [-0.15, -0.1) is 0 Å². The lowest BCUT2D eigenvalue weighted by atomic mass is 10.1. The molecule has 5 heteroatoms. The molecule has 0 saturated heterocycles. The molecule has 5 nitrogen and oxygen atoms in total. The molecule has 0 fully saturated rings. The predicted molar refractivity (Wildman–Crippen MR) is 111 cm³/mol. The quantitative estimate of drug-likeness (QED) is 0.496. The molecule has 1 atom stereocenters. The topological polar surface area (TPSA) is 58.5 Å². The number of nitrogens with zero attached hydrogens (tertiary/aromatic N) is 2. The molecule has 0 saturated carbocycles. The Kier molecular flexibility index (Phi) is 6.63. The Labute approximate surface area is 160 Å². The minimum Gasteiger partial charge on any atom is -0.489 e. The van der Waals surface area contributed by atoms with Gasteiger partial charge >= 0.3 is 0 Å². The van der Waals surface area contributed by atoms with Crippen molar-refractivity contribution in [3.05, 3.63) is 72.4 Å². The zero-order valence-electron chi connectivity index (χ0n) is 15.9. The molecule has 3 rings (SSSR count). The Morgan fingerprint density at radius 3 is 2.63 bits per heavy atom. The minimum atomic E-state index is 0.0259. The second kappa shape index (κ2) is 9.57. The smallest absolute Gasteiger partial charge is 0.191 e. The van der Waals surface area contributed by atoms with Crippen molar-refractivity contribution < 1.29 is 4.74 Å². The lowest BCUT2D eigenvalue weighted by Gasteiger charge is -2.17. The molecule has 140 valence electrons. The van der Waals surface area contributed by atoms with Crippen LogP contribution in [0.2, 0.25) is 0 Å². The zero-order valence-corrected chi connectivity index (χ0v) is 15.9. The normalized spacial score (nSPS) is 12.6. The van der Waals surface area contributed by atoms with E-state index in [9.17, 15) is 0 Å². The van der Waals surface area contributed by atoms with E-state index in [1.54, 1.807) is 0 Å². The number of nitrogens with one attached hydrogen (secondary N) is 2. The third-order valence-electron chi connectivity index (χ3n) is 4.13. The van der Waals surface area contributed by atoms with Gasteiger partial charge in [-0.2, -0.15) is 0 Å². The number of benzene rings is 2. The maximum atomic E-state index is 5.91. The molecule has 0 radical (unpaired) electrons. The van der Waals surface area contributed by atoms with E-state index in [-0.39, 0.29) is 6.10 Å². The highest BCUT2D eigenvalue weighted by molar-refractivity contribution is 5.83. The van der Waals surface area contributed by atoms with Gasteiger partial charge in [-0.25, -0.2) is 4.99 Å². The number of pyridine rings is 1. The number of ether oxygens (including phenoxy) is 1. The second-order valence-corrected chi connectivity index (χ2v) is 6.30. The monoisotopic (exact) mass is 362 g/mol. The van der Waals surface area contributed by atoms with Crippen LogP contribution in [0.4, 0.5) is 0 Å². The molecular weight excluding hydrogens is 336 g/mol. The highest BCUT2D eigenvalue weighted by Crippen LogP contribution is 2.16. The molecule has 0 bridgehead atoms. The first-order valence-electron chi connectivity index (χ1n) is 9.32. The Balaban J connectivity index is 1.62. The fourth-order valence-electron chi connectivity index (χ4n) is 2.81. The summed E-state index contributed by atoms with van der Waals surface area (Å²) in [6.07, 6.45) is 1.86. The van der Waals surface area contributed by atoms with E-state index in [1.807, 2.05) is 67.7 Å². The Hall–Kier alpha value is -3.08. The van der Waals surface area contributed by atoms with Crippen molar-refractivity contribution in [1.29, 1.82) is 0 Å². The first kappa shape index (κ1) is 18.7. The van der Waals surface area contributed by atoms with Crippen LogP contribution in [0.5, 0.6) is 5.75 Å². The van der Waals surface area contributed by atoms with Crippen molar-refractivity contribution in [3.63, 3.8) is 0 Å². The lowest BCUT2D eigenvalue weighted by molar-refractivity contribution is 0.224. The van der Waals surface area contributed by atoms with Gasteiger partial charge in [0.15, 0.2) is 5.96 Å². The number of aliphatic imine (C=N–C) groups is 1. The van der Waals surface area contributed by atoms with Crippen LogP contribution < -0.4 is 15.4 Å². The summed E-state index contributed by atoms with van der Waals surface area (Å²) in [5, 5.41) is 7.78. The molecule has 0 aliphatic rings. The summed E-state index contributed by atoms with van der Waals surface area (Å²) in [6.45, 7) is 6.16. The molecule has 27 heavy (non-hydrogen) atoms. The largest absolute Gasteiger partial charge is 0.489 e. The van der Waals surface area contributed by atoms with Crippen molar-refractivity contribution in [1.82, 2.24) is 15.6 Å². The number of para-hydroxylation sites is 2. The average Bonchev–Trinajstić information content (AvgIpc) is 2.71. The number of hydrogen-bond donors (Lipinski definition) is 2. The molecule has 1 heterocycles. The number of guanidine groups is 1. The molecule has 1 unspecified atom stereocenters. The summed E-state index contributed by atoms with van der Waals surface area (Å²) >= 11 is 0. The molecular formula is C22H26N4O. The first-order valence-corrected chi connectivity index (χ1v) is 9.32. The van der Waals surface area contributed by atoms with Crippen LogP contribution in [0.15, 0.2) is 71.9 Å². The van der Waals surface area contributed by atoms with Crippen LogP contribution in [0.3, 0.4) is 0 Å². The zero-order chi connectivity index (χ0) is 18.9. The van der Waals surface area contributed by atoms with Gasteiger partial charge in [0, 0.05) is 18.1 Å². The molecule has 2 N–H and O–H groups in total. The van der Waals surface area contributed by atoms with E-state index in [2.05, 4.69) is 28.6 Å². The fraction of sp³-hybridized carbons (Fsp3) is 0.273. The van der Waals surface area contributed by atoms with Gasteiger partial charge in [-0.1, -0.05) is 36.4 Å². The van der Waals surface area contributed by atoms with Gasteiger partial charge in [0.2, 0.25) is 0 Å². The minimum absolute atomic E-state index is 0.0259. The summed E-state index contributed by atoms with van der Waals surface area (Å²) in [5.41, 5.74) is 2.15. The Morgan fingerprint density at radius 2 is 1.81 bits per heavy atom. The summed E-state index contributed by atoms with van der Waals surface area (Å²) in [4.78, 5) is 9.13. The van der Waals surface area contributed by atoms with Crippen LogP contribution in [-0.4, -0.2) is 30.1 Å². The van der Waals surface area contributed by atoms with Crippen molar-refractivity contribution >= 4 is 16.9 Å². The third-order valence-corrected chi connectivity index (χ3v) is 4.13. The maximum Gasteiger partial charge on any atom is 0.191 e. The van der Waals surface area contributed by atoms with Crippen molar-refractivity contribution in [2.75, 3.05) is 13.1 Å².